The summed E-state index contributed by atoms with van der Waals surface area (Å²) in [6.07, 6.45) is 0. The van der Waals surface area contributed by atoms with E-state index in [1.807, 2.05) is 11.4 Å². The summed E-state index contributed by atoms with van der Waals surface area (Å²) < 4.78 is 0. The van der Waals surface area contributed by atoms with Crippen molar-refractivity contribution < 1.29 is 5.11 Å². The van der Waals surface area contributed by atoms with Crippen LogP contribution in [0.2, 0.25) is 0 Å². The van der Waals surface area contributed by atoms with Crippen molar-refractivity contribution in [3.05, 3.63) is 17.3 Å². The van der Waals surface area contributed by atoms with Crippen LogP contribution in [0.1, 0.15) is 26.6 Å². The average Bonchev–Trinajstić information content (AvgIpc) is 2.83. The number of hydrogen-bond acceptors (Lipinski definition) is 7. The van der Waals surface area contributed by atoms with E-state index in [-0.39, 0.29) is 0 Å². The summed E-state index contributed by atoms with van der Waals surface area (Å²) in [7, 11) is 0. The van der Waals surface area contributed by atoms with E-state index >= 15 is 0 Å². The number of aromatic nitrogens is 2. The number of nitrogens with two attached hydrogens (primary N) is 1. The highest BCUT2D eigenvalue weighted by molar-refractivity contribution is 7.16. The molecular weight excluding hydrogens is 274 g/mol. The number of rotatable bonds is 6. The highest BCUT2D eigenvalue weighted by Gasteiger charge is 2.19. The Bertz CT molecular complexity index is 578. The van der Waals surface area contributed by atoms with Crippen LogP contribution in [0.25, 0.3) is 10.2 Å². The second-order valence-corrected chi connectivity index (χ2v) is 6.28. The van der Waals surface area contributed by atoms with Crippen LogP contribution in [-0.4, -0.2) is 38.7 Å². The molecule has 4 N–H and O–H groups in total. The average molecular weight is 295 g/mol. The van der Waals surface area contributed by atoms with Crippen molar-refractivity contribution >= 4 is 27.4 Å². The predicted molar refractivity (Wildman–Crippen MR) is 82.5 cm³/mol. The van der Waals surface area contributed by atoms with Crippen molar-refractivity contribution in [3.63, 3.8) is 0 Å². The molecule has 0 aliphatic heterocycles. The minimum Gasteiger partial charge on any atom is -0.389 e. The Hall–Kier alpha value is -1.28. The molecule has 0 radical (unpaired) electrons. The third-order valence-electron chi connectivity index (χ3n) is 2.93. The number of anilines is 1. The molecule has 0 spiro atoms. The van der Waals surface area contributed by atoms with Gasteiger partial charge in [0.15, 0.2) is 5.82 Å². The van der Waals surface area contributed by atoms with Gasteiger partial charge in [-0.3, -0.25) is 4.90 Å². The van der Waals surface area contributed by atoms with E-state index < -0.39 is 5.60 Å². The molecule has 110 valence electrons. The lowest BCUT2D eigenvalue weighted by atomic mass is 10.1. The maximum atomic E-state index is 9.92. The number of aliphatic hydroxyl groups is 1. The van der Waals surface area contributed by atoms with Crippen LogP contribution in [0.4, 0.5) is 5.82 Å². The molecule has 2 aromatic heterocycles. The van der Waals surface area contributed by atoms with Gasteiger partial charge in [-0.15, -0.1) is 11.3 Å². The molecule has 0 aromatic carbocycles. The molecule has 0 saturated heterocycles. The van der Waals surface area contributed by atoms with Gasteiger partial charge in [-0.25, -0.2) is 15.8 Å². The maximum absolute atomic E-state index is 9.92. The summed E-state index contributed by atoms with van der Waals surface area (Å²) in [5.74, 6) is 6.87. The monoisotopic (exact) mass is 295 g/mol. The van der Waals surface area contributed by atoms with Gasteiger partial charge >= 0.3 is 0 Å². The first-order chi connectivity index (χ1) is 9.43. The third kappa shape index (κ3) is 3.63. The lowest BCUT2D eigenvalue weighted by Crippen LogP contribution is -2.38. The van der Waals surface area contributed by atoms with Crippen molar-refractivity contribution in [1.82, 2.24) is 14.9 Å². The Kier molecular flexibility index (Phi) is 4.54. The van der Waals surface area contributed by atoms with E-state index in [0.717, 1.165) is 16.8 Å². The number of thiophene rings is 1. The molecule has 0 amide bonds. The molecule has 0 bridgehead atoms. The summed E-state index contributed by atoms with van der Waals surface area (Å²) in [4.78, 5) is 12.0. The van der Waals surface area contributed by atoms with Crippen LogP contribution in [0.5, 0.6) is 0 Å². The minimum absolute atomic E-state index is 0.570. The Morgan fingerprint density at radius 1 is 1.45 bits per heavy atom. The lowest BCUT2D eigenvalue weighted by molar-refractivity contribution is 0.0346. The number of likely N-dealkylation sites (N-methyl/N-ethyl adjacent to an activating group) is 1. The van der Waals surface area contributed by atoms with Crippen LogP contribution < -0.4 is 11.3 Å². The predicted octanol–water partition coefficient (Wildman–Crippen LogP) is 1.57. The van der Waals surface area contributed by atoms with Gasteiger partial charge in [-0.05, 0) is 31.8 Å². The van der Waals surface area contributed by atoms with Gasteiger partial charge in [0, 0.05) is 6.54 Å². The first-order valence-electron chi connectivity index (χ1n) is 6.58. The fourth-order valence-corrected chi connectivity index (χ4v) is 2.89. The summed E-state index contributed by atoms with van der Waals surface area (Å²) in [5, 5.41) is 12.8. The molecule has 0 unspecified atom stereocenters. The van der Waals surface area contributed by atoms with E-state index in [0.29, 0.717) is 24.7 Å². The quantitative estimate of drug-likeness (QED) is 0.554. The lowest BCUT2D eigenvalue weighted by Gasteiger charge is -2.27. The number of hydrazine groups is 1. The normalized spacial score (nSPS) is 12.3. The van der Waals surface area contributed by atoms with Crippen LogP contribution in [-0.2, 0) is 6.54 Å². The molecule has 20 heavy (non-hydrogen) atoms. The molecular formula is C13H21N5OS. The number of hydrogen-bond donors (Lipinski definition) is 3. The summed E-state index contributed by atoms with van der Waals surface area (Å²) in [6.45, 7) is 7.63. The summed E-state index contributed by atoms with van der Waals surface area (Å²) in [6, 6.07) is 1.95. The largest absolute Gasteiger partial charge is 0.389 e. The topological polar surface area (TPSA) is 87.3 Å². The molecule has 7 heteroatoms. The van der Waals surface area contributed by atoms with Gasteiger partial charge in [-0.1, -0.05) is 6.92 Å². The van der Waals surface area contributed by atoms with Gasteiger partial charge in [0.1, 0.15) is 10.7 Å². The molecule has 2 aromatic rings. The summed E-state index contributed by atoms with van der Waals surface area (Å²) in [5.41, 5.74) is 1.89. The minimum atomic E-state index is -0.738. The molecule has 0 saturated carbocycles. The molecule has 0 aliphatic carbocycles. The Labute approximate surface area is 122 Å². The van der Waals surface area contributed by atoms with Crippen LogP contribution in [0, 0.1) is 0 Å². The van der Waals surface area contributed by atoms with Crippen molar-refractivity contribution in [2.24, 2.45) is 5.84 Å². The van der Waals surface area contributed by atoms with E-state index in [1.165, 1.54) is 0 Å². The van der Waals surface area contributed by atoms with E-state index in [1.54, 1.807) is 25.2 Å². The van der Waals surface area contributed by atoms with Gasteiger partial charge in [0.05, 0.1) is 17.5 Å². The highest BCUT2D eigenvalue weighted by atomic mass is 32.1. The number of nitrogens with one attached hydrogen (secondary N) is 1. The highest BCUT2D eigenvalue weighted by Crippen LogP contribution is 2.24. The number of fused-ring (bicyclic) bond motifs is 1. The van der Waals surface area contributed by atoms with Crippen molar-refractivity contribution in [2.45, 2.75) is 32.9 Å². The van der Waals surface area contributed by atoms with Gasteiger partial charge in [0.2, 0.25) is 0 Å². The van der Waals surface area contributed by atoms with Crippen molar-refractivity contribution in [2.75, 3.05) is 18.5 Å². The Balaban J connectivity index is 2.23. The van der Waals surface area contributed by atoms with E-state index in [2.05, 4.69) is 27.2 Å². The van der Waals surface area contributed by atoms with E-state index in [9.17, 15) is 5.11 Å². The SMILES string of the molecule is CCN(Cc1nc(NN)c2ccsc2n1)CC(C)(C)O. The Morgan fingerprint density at radius 3 is 2.80 bits per heavy atom. The third-order valence-corrected chi connectivity index (χ3v) is 3.74. The smallest absolute Gasteiger partial charge is 0.152 e. The maximum Gasteiger partial charge on any atom is 0.152 e. The van der Waals surface area contributed by atoms with Gasteiger partial charge in [0.25, 0.3) is 0 Å². The van der Waals surface area contributed by atoms with Crippen LogP contribution in [0.15, 0.2) is 11.4 Å². The zero-order chi connectivity index (χ0) is 14.8. The second-order valence-electron chi connectivity index (χ2n) is 5.39. The fourth-order valence-electron chi connectivity index (χ4n) is 2.11. The number of nitrogen functional groups attached to an aromatic ring is 1. The fraction of sp³-hybridized carbons (Fsp3) is 0.538. The van der Waals surface area contributed by atoms with Crippen molar-refractivity contribution in [1.29, 1.82) is 0 Å². The molecule has 0 fully saturated rings. The molecule has 0 aliphatic rings. The number of nitrogens with zero attached hydrogens (tertiary/aromatic N) is 3. The second kappa shape index (κ2) is 6.01. The zero-order valence-electron chi connectivity index (χ0n) is 12.1. The first kappa shape index (κ1) is 15.1. The zero-order valence-corrected chi connectivity index (χ0v) is 12.9. The van der Waals surface area contributed by atoms with Crippen LogP contribution >= 0.6 is 11.3 Å². The standard InChI is InChI=1S/C13H21N5OS/c1-4-18(8-13(2,3)19)7-10-15-11(17-14)9-5-6-20-12(9)16-10/h5-6,19H,4,7-8,14H2,1-3H3,(H,15,16,17). The Morgan fingerprint density at radius 2 is 2.20 bits per heavy atom. The van der Waals surface area contributed by atoms with Crippen LogP contribution in [0.3, 0.4) is 0 Å². The summed E-state index contributed by atoms with van der Waals surface area (Å²) >= 11 is 1.56. The molecule has 2 rings (SSSR count). The van der Waals surface area contributed by atoms with E-state index in [4.69, 9.17) is 5.84 Å². The first-order valence-corrected chi connectivity index (χ1v) is 7.46. The van der Waals surface area contributed by atoms with Gasteiger partial charge < -0.3 is 10.5 Å². The molecule has 2 heterocycles. The van der Waals surface area contributed by atoms with Crippen molar-refractivity contribution in [3.8, 4) is 0 Å². The van der Waals surface area contributed by atoms with Gasteiger partial charge in [-0.2, -0.15) is 0 Å². The molecule has 6 nitrogen and oxygen atoms in total. The molecule has 0 atom stereocenters.